The van der Waals surface area contributed by atoms with E-state index in [1.807, 2.05) is 19.1 Å². The third-order valence-electron chi connectivity index (χ3n) is 5.74. The van der Waals surface area contributed by atoms with Gasteiger partial charge in [-0.3, -0.25) is 9.69 Å². The smallest absolute Gasteiger partial charge is 0.231 e. The van der Waals surface area contributed by atoms with Crippen molar-refractivity contribution in [2.24, 2.45) is 5.41 Å². The van der Waals surface area contributed by atoms with Crippen LogP contribution in [0.4, 0.5) is 0 Å². The molecule has 0 atom stereocenters. The topological polar surface area (TPSA) is 54.0 Å². The molecule has 0 radical (unpaired) electrons. The number of rotatable bonds is 7. The highest BCUT2D eigenvalue weighted by atomic mass is 16.5. The maximum Gasteiger partial charge on any atom is 0.231 e. The first kappa shape index (κ1) is 20.1. The molecule has 0 unspecified atom stereocenters. The number of piperidine rings is 1. The zero-order valence-corrected chi connectivity index (χ0v) is 16.7. The molecule has 1 N–H and O–H groups in total. The van der Waals surface area contributed by atoms with Gasteiger partial charge in [0.1, 0.15) is 5.75 Å². The van der Waals surface area contributed by atoms with E-state index in [2.05, 4.69) is 27.2 Å². The lowest BCUT2D eigenvalue weighted by Gasteiger charge is -2.42. The van der Waals surface area contributed by atoms with Crippen molar-refractivity contribution in [1.82, 2.24) is 15.1 Å². The van der Waals surface area contributed by atoms with E-state index in [9.17, 15) is 4.79 Å². The van der Waals surface area contributed by atoms with Gasteiger partial charge in [0, 0.05) is 39.8 Å². The molecule has 6 heteroatoms. The lowest BCUT2D eigenvalue weighted by atomic mass is 9.78. The second kappa shape index (κ2) is 9.53. The highest BCUT2D eigenvalue weighted by molar-refractivity contribution is 5.83. The summed E-state index contributed by atoms with van der Waals surface area (Å²) < 4.78 is 10.9. The van der Waals surface area contributed by atoms with Gasteiger partial charge in [-0.2, -0.15) is 0 Å². The summed E-state index contributed by atoms with van der Waals surface area (Å²) in [6.07, 6.45) is 1.73. The molecule has 0 spiro atoms. The minimum Gasteiger partial charge on any atom is -0.494 e. The minimum atomic E-state index is -0.336. The zero-order chi connectivity index (χ0) is 19.1. The number of nitrogens with zero attached hydrogens (tertiary/aromatic N) is 2. The molecule has 2 aliphatic rings. The lowest BCUT2D eigenvalue weighted by Crippen LogP contribution is -2.56. The van der Waals surface area contributed by atoms with Crippen molar-refractivity contribution in [2.45, 2.75) is 26.3 Å². The Morgan fingerprint density at radius 3 is 2.37 bits per heavy atom. The number of carbonyl (C=O) groups is 1. The van der Waals surface area contributed by atoms with E-state index in [0.29, 0.717) is 13.2 Å². The summed E-state index contributed by atoms with van der Waals surface area (Å²) in [5, 5.41) is 3.36. The molecule has 2 aliphatic heterocycles. The maximum atomic E-state index is 13.2. The normalized spacial score (nSPS) is 20.4. The molecule has 2 fully saturated rings. The van der Waals surface area contributed by atoms with Crippen molar-refractivity contribution in [1.29, 1.82) is 0 Å². The van der Waals surface area contributed by atoms with Crippen molar-refractivity contribution < 1.29 is 14.3 Å². The van der Waals surface area contributed by atoms with E-state index in [-0.39, 0.29) is 11.3 Å². The Morgan fingerprint density at radius 1 is 1.11 bits per heavy atom. The predicted octanol–water partition coefficient (Wildman–Crippen LogP) is 1.75. The van der Waals surface area contributed by atoms with Crippen molar-refractivity contribution in [3.05, 3.63) is 29.8 Å². The molecule has 0 aliphatic carbocycles. The lowest BCUT2D eigenvalue weighted by molar-refractivity contribution is -0.149. The van der Waals surface area contributed by atoms with Crippen LogP contribution in [0.1, 0.15) is 25.3 Å². The molecule has 27 heavy (non-hydrogen) atoms. The molecule has 1 aromatic carbocycles. The largest absolute Gasteiger partial charge is 0.494 e. The number of benzene rings is 1. The number of nitrogens with one attached hydrogen (secondary N) is 1. The summed E-state index contributed by atoms with van der Waals surface area (Å²) in [5.74, 6) is 1.20. The first-order valence-electron chi connectivity index (χ1n) is 10.1. The van der Waals surface area contributed by atoms with Crippen LogP contribution in [0.2, 0.25) is 0 Å². The van der Waals surface area contributed by atoms with Crippen LogP contribution in [0.25, 0.3) is 0 Å². The number of amides is 1. The van der Waals surface area contributed by atoms with Gasteiger partial charge in [0.25, 0.3) is 0 Å². The van der Waals surface area contributed by atoms with Gasteiger partial charge in [-0.1, -0.05) is 12.1 Å². The van der Waals surface area contributed by atoms with E-state index >= 15 is 0 Å². The molecule has 2 heterocycles. The van der Waals surface area contributed by atoms with Crippen LogP contribution in [0.3, 0.4) is 0 Å². The number of hydrogen-bond acceptors (Lipinski definition) is 5. The standard InChI is InChI=1S/C21H33N3O3/c1-3-27-19-6-4-18(5-7-19)16-23-12-14-24(15-13-23)20(25)21(17-26-2)8-10-22-11-9-21/h4-7,22H,3,8-17H2,1-2H3. The molecule has 0 aromatic heterocycles. The second-order valence-electron chi connectivity index (χ2n) is 7.61. The molecule has 6 nitrogen and oxygen atoms in total. The molecular formula is C21H33N3O3. The van der Waals surface area contributed by atoms with Crippen LogP contribution >= 0.6 is 0 Å². The van der Waals surface area contributed by atoms with Crippen LogP contribution < -0.4 is 10.1 Å². The van der Waals surface area contributed by atoms with Gasteiger partial charge < -0.3 is 19.7 Å². The van der Waals surface area contributed by atoms with Crippen molar-refractivity contribution in [3.63, 3.8) is 0 Å². The first-order valence-corrected chi connectivity index (χ1v) is 10.1. The van der Waals surface area contributed by atoms with E-state index in [1.165, 1.54) is 5.56 Å². The predicted molar refractivity (Wildman–Crippen MR) is 106 cm³/mol. The third kappa shape index (κ3) is 5.00. The van der Waals surface area contributed by atoms with Crippen LogP contribution in [-0.4, -0.2) is 75.3 Å². The fourth-order valence-corrected chi connectivity index (χ4v) is 4.16. The van der Waals surface area contributed by atoms with Crippen LogP contribution in [0, 0.1) is 5.41 Å². The SMILES string of the molecule is CCOc1ccc(CN2CCN(C(=O)C3(COC)CCNCC3)CC2)cc1. The summed E-state index contributed by atoms with van der Waals surface area (Å²) in [5.41, 5.74) is 0.949. The summed E-state index contributed by atoms with van der Waals surface area (Å²) >= 11 is 0. The molecule has 1 aromatic rings. The minimum absolute atomic E-state index is 0.284. The molecule has 0 bridgehead atoms. The Balaban J connectivity index is 1.52. The van der Waals surface area contributed by atoms with Gasteiger partial charge in [-0.05, 0) is 50.6 Å². The Bertz CT molecular complexity index is 586. The number of hydrogen-bond donors (Lipinski definition) is 1. The number of piperazine rings is 1. The van der Waals surface area contributed by atoms with Gasteiger partial charge in [-0.15, -0.1) is 0 Å². The van der Waals surface area contributed by atoms with Crippen molar-refractivity contribution >= 4 is 5.91 Å². The Hall–Kier alpha value is -1.63. The quantitative estimate of drug-likeness (QED) is 0.787. The van der Waals surface area contributed by atoms with Gasteiger partial charge in [-0.25, -0.2) is 0 Å². The summed E-state index contributed by atoms with van der Waals surface area (Å²) in [6, 6.07) is 8.32. The van der Waals surface area contributed by atoms with Crippen LogP contribution in [-0.2, 0) is 16.1 Å². The Morgan fingerprint density at radius 2 is 1.78 bits per heavy atom. The summed E-state index contributed by atoms with van der Waals surface area (Å²) in [6.45, 7) is 9.36. The van der Waals surface area contributed by atoms with Crippen LogP contribution in [0.5, 0.6) is 5.75 Å². The number of methoxy groups -OCH3 is 1. The van der Waals surface area contributed by atoms with Crippen molar-refractivity contribution in [2.75, 3.05) is 59.6 Å². The van der Waals surface area contributed by atoms with E-state index in [1.54, 1.807) is 7.11 Å². The van der Waals surface area contributed by atoms with Crippen LogP contribution in [0.15, 0.2) is 24.3 Å². The average molecular weight is 376 g/mol. The third-order valence-corrected chi connectivity index (χ3v) is 5.74. The molecule has 3 rings (SSSR count). The summed E-state index contributed by atoms with van der Waals surface area (Å²) in [7, 11) is 1.70. The van der Waals surface area contributed by atoms with Gasteiger partial charge >= 0.3 is 0 Å². The van der Waals surface area contributed by atoms with Crippen molar-refractivity contribution in [3.8, 4) is 5.75 Å². The number of carbonyl (C=O) groups excluding carboxylic acids is 1. The molecule has 2 saturated heterocycles. The van der Waals surface area contributed by atoms with E-state index < -0.39 is 0 Å². The van der Waals surface area contributed by atoms with Gasteiger partial charge in [0.2, 0.25) is 5.91 Å². The monoisotopic (exact) mass is 375 g/mol. The highest BCUT2D eigenvalue weighted by Gasteiger charge is 2.42. The maximum absolute atomic E-state index is 13.2. The number of ether oxygens (including phenoxy) is 2. The highest BCUT2D eigenvalue weighted by Crippen LogP contribution is 2.32. The molecular weight excluding hydrogens is 342 g/mol. The average Bonchev–Trinajstić information content (AvgIpc) is 2.71. The Kier molecular flexibility index (Phi) is 7.10. The fourth-order valence-electron chi connectivity index (χ4n) is 4.16. The molecule has 150 valence electrons. The van der Waals surface area contributed by atoms with Gasteiger partial charge in [0.05, 0.1) is 18.6 Å². The zero-order valence-electron chi connectivity index (χ0n) is 16.7. The van der Waals surface area contributed by atoms with Gasteiger partial charge in [0.15, 0.2) is 0 Å². The Labute approximate surface area is 162 Å². The van der Waals surface area contributed by atoms with E-state index in [0.717, 1.165) is 64.4 Å². The summed E-state index contributed by atoms with van der Waals surface area (Å²) in [4.78, 5) is 17.7. The molecule has 1 amide bonds. The molecule has 0 saturated carbocycles. The fraction of sp³-hybridized carbons (Fsp3) is 0.667. The van der Waals surface area contributed by atoms with E-state index in [4.69, 9.17) is 9.47 Å². The first-order chi connectivity index (χ1) is 13.2. The second-order valence-corrected chi connectivity index (χ2v) is 7.61.